The zero-order chi connectivity index (χ0) is 21.8. The molecule has 5 rings (SSSR count). The number of hydrogen-bond acceptors (Lipinski definition) is 5. The van der Waals surface area contributed by atoms with Gasteiger partial charge >= 0.3 is 0 Å². The minimum absolute atomic E-state index is 0.0624. The number of phenolic OH excluding ortho intramolecular Hbond substituents is 1. The van der Waals surface area contributed by atoms with Crippen LogP contribution in [0.3, 0.4) is 0 Å². The van der Waals surface area contributed by atoms with E-state index in [0.29, 0.717) is 34.5 Å². The van der Waals surface area contributed by atoms with Crippen molar-refractivity contribution in [2.24, 2.45) is 0 Å². The van der Waals surface area contributed by atoms with Gasteiger partial charge in [0.05, 0.1) is 27.9 Å². The highest BCUT2D eigenvalue weighted by molar-refractivity contribution is 6.07. The molecule has 7 nitrogen and oxygen atoms in total. The lowest BCUT2D eigenvalue weighted by molar-refractivity contribution is 0.0316. The van der Waals surface area contributed by atoms with E-state index < -0.39 is 5.82 Å². The minimum atomic E-state index is -0.593. The third-order valence-corrected chi connectivity index (χ3v) is 6.76. The second kappa shape index (κ2) is 7.30. The van der Waals surface area contributed by atoms with E-state index in [1.807, 2.05) is 11.8 Å². The largest absolute Gasteiger partial charge is 0.508 e. The van der Waals surface area contributed by atoms with Gasteiger partial charge in [0.25, 0.3) is 5.91 Å². The van der Waals surface area contributed by atoms with Crippen molar-refractivity contribution < 1.29 is 14.3 Å². The number of nitrogens with zero attached hydrogens (tertiary/aromatic N) is 3. The van der Waals surface area contributed by atoms with Crippen molar-refractivity contribution in [1.82, 2.24) is 25.4 Å². The molecule has 2 fully saturated rings. The maximum atomic E-state index is 14.6. The molecule has 1 aliphatic carbocycles. The Morgan fingerprint density at radius 1 is 1.29 bits per heavy atom. The first kappa shape index (κ1) is 19.9. The quantitative estimate of drug-likeness (QED) is 0.586. The molecule has 1 saturated heterocycles. The van der Waals surface area contributed by atoms with E-state index in [4.69, 9.17) is 0 Å². The number of halogens is 1. The van der Waals surface area contributed by atoms with Gasteiger partial charge in [-0.25, -0.2) is 9.37 Å². The number of aromatic amines is 1. The fourth-order valence-corrected chi connectivity index (χ4v) is 5.12. The zero-order valence-corrected chi connectivity index (χ0v) is 17.7. The van der Waals surface area contributed by atoms with Crippen LogP contribution in [-0.4, -0.2) is 55.8 Å². The summed E-state index contributed by atoms with van der Waals surface area (Å²) < 4.78 is 14.6. The second-order valence-corrected chi connectivity index (χ2v) is 8.88. The van der Waals surface area contributed by atoms with Crippen LogP contribution in [0.25, 0.3) is 22.3 Å². The molecule has 1 spiro atoms. The molecule has 2 aromatic heterocycles. The van der Waals surface area contributed by atoms with E-state index in [-0.39, 0.29) is 28.8 Å². The van der Waals surface area contributed by atoms with Gasteiger partial charge in [0.15, 0.2) is 5.65 Å². The normalized spacial score (nSPS) is 20.6. The number of carbonyl (C=O) groups is 1. The van der Waals surface area contributed by atoms with Crippen LogP contribution >= 0.6 is 0 Å². The lowest BCUT2D eigenvalue weighted by Gasteiger charge is -2.47. The number of rotatable bonds is 2. The number of piperazine rings is 1. The van der Waals surface area contributed by atoms with Gasteiger partial charge in [-0.2, -0.15) is 5.10 Å². The van der Waals surface area contributed by atoms with E-state index >= 15 is 0 Å². The molecular formula is C23H26FN5O2. The summed E-state index contributed by atoms with van der Waals surface area (Å²) in [5, 5.41) is 20.9. The maximum absolute atomic E-state index is 14.6. The van der Waals surface area contributed by atoms with E-state index in [1.165, 1.54) is 12.1 Å². The van der Waals surface area contributed by atoms with Crippen molar-refractivity contribution in [3.63, 3.8) is 0 Å². The molecule has 0 bridgehead atoms. The molecule has 162 valence electrons. The van der Waals surface area contributed by atoms with Crippen LogP contribution < -0.4 is 5.32 Å². The molecular weight excluding hydrogens is 397 g/mol. The number of H-pyrrole nitrogens is 1. The molecule has 0 radical (unpaired) electrons. The first-order valence-electron chi connectivity index (χ1n) is 10.8. The van der Waals surface area contributed by atoms with E-state index in [1.54, 1.807) is 6.07 Å². The summed E-state index contributed by atoms with van der Waals surface area (Å²) >= 11 is 0. The zero-order valence-electron chi connectivity index (χ0n) is 17.7. The smallest absolute Gasteiger partial charge is 0.255 e. The number of hydrogen-bond donors (Lipinski definition) is 3. The number of aromatic nitrogens is 3. The third-order valence-electron chi connectivity index (χ3n) is 6.76. The molecule has 1 unspecified atom stereocenters. The number of pyridine rings is 1. The highest BCUT2D eigenvalue weighted by Crippen LogP contribution is 2.39. The number of amides is 1. The predicted octanol–water partition coefficient (Wildman–Crippen LogP) is 3.52. The van der Waals surface area contributed by atoms with Gasteiger partial charge < -0.3 is 15.3 Å². The van der Waals surface area contributed by atoms with Crippen LogP contribution in [-0.2, 0) is 0 Å². The van der Waals surface area contributed by atoms with Crippen molar-refractivity contribution in [1.29, 1.82) is 0 Å². The number of aromatic hydroxyl groups is 1. The lowest BCUT2D eigenvalue weighted by atomic mass is 9.90. The van der Waals surface area contributed by atoms with Crippen LogP contribution in [0.1, 0.15) is 48.7 Å². The number of fused-ring (bicyclic) bond motifs is 1. The van der Waals surface area contributed by atoms with E-state index in [0.717, 1.165) is 38.3 Å². The highest BCUT2D eigenvalue weighted by Gasteiger charge is 2.45. The molecule has 2 aliphatic rings. The van der Waals surface area contributed by atoms with Crippen molar-refractivity contribution in [2.45, 2.75) is 51.1 Å². The molecule has 3 aromatic rings. The number of nitrogens with one attached hydrogen (secondary N) is 2. The Morgan fingerprint density at radius 2 is 2.06 bits per heavy atom. The average Bonchev–Trinajstić information content (AvgIpc) is 3.36. The Hall–Kier alpha value is -3.00. The Balaban J connectivity index is 1.66. The molecule has 31 heavy (non-hydrogen) atoms. The monoisotopic (exact) mass is 423 g/mol. The molecule has 1 amide bonds. The van der Waals surface area contributed by atoms with Crippen molar-refractivity contribution >= 4 is 16.9 Å². The van der Waals surface area contributed by atoms with Crippen LogP contribution in [0.15, 0.2) is 24.3 Å². The van der Waals surface area contributed by atoms with Crippen molar-refractivity contribution in [3.05, 3.63) is 41.3 Å². The Morgan fingerprint density at radius 3 is 2.81 bits per heavy atom. The number of aryl methyl sites for hydroxylation is 1. The standard InChI is InChI=1S/C23H26FN5O2/c1-13-11-29(23(12-25-13)7-3-4-8-23)22(31)17-10-19(16-6-5-15(30)9-18(16)24)26-21-20(17)14(2)27-28-21/h5-6,9-10,13,25,30H,3-4,7-8,11-12H2,1-2H3,(H,26,27,28). The maximum Gasteiger partial charge on any atom is 0.255 e. The van der Waals surface area contributed by atoms with E-state index in [9.17, 15) is 14.3 Å². The summed E-state index contributed by atoms with van der Waals surface area (Å²) in [7, 11) is 0. The molecule has 1 saturated carbocycles. The molecule has 3 heterocycles. The fraction of sp³-hybridized carbons (Fsp3) is 0.435. The van der Waals surface area contributed by atoms with E-state index in [2.05, 4.69) is 27.4 Å². The summed E-state index contributed by atoms with van der Waals surface area (Å²) in [5.74, 6) is -0.814. The SMILES string of the molecule is Cc1n[nH]c2nc(-c3ccc(O)cc3F)cc(C(=O)N3CC(C)NCC34CCCC4)c12. The van der Waals surface area contributed by atoms with Gasteiger partial charge in [0, 0.05) is 30.8 Å². The van der Waals surface area contributed by atoms with Gasteiger partial charge in [-0.1, -0.05) is 12.8 Å². The Bertz CT molecular complexity index is 1170. The topological polar surface area (TPSA) is 94.1 Å². The van der Waals surface area contributed by atoms with Crippen LogP contribution in [0.5, 0.6) is 5.75 Å². The highest BCUT2D eigenvalue weighted by atomic mass is 19.1. The minimum Gasteiger partial charge on any atom is -0.508 e. The lowest BCUT2D eigenvalue weighted by Crippen LogP contribution is -2.64. The first-order chi connectivity index (χ1) is 14.9. The van der Waals surface area contributed by atoms with Crippen LogP contribution in [0, 0.1) is 12.7 Å². The van der Waals surface area contributed by atoms with Crippen LogP contribution in [0.4, 0.5) is 4.39 Å². The molecule has 8 heteroatoms. The number of phenols is 1. The third kappa shape index (κ3) is 3.26. The van der Waals surface area contributed by atoms with Gasteiger partial charge in [0.2, 0.25) is 0 Å². The van der Waals surface area contributed by atoms with Crippen molar-refractivity contribution in [3.8, 4) is 17.0 Å². The van der Waals surface area contributed by atoms with Gasteiger partial charge in [-0.15, -0.1) is 0 Å². The summed E-state index contributed by atoms with van der Waals surface area (Å²) in [4.78, 5) is 20.5. The molecule has 1 aliphatic heterocycles. The number of benzene rings is 1. The molecule has 3 N–H and O–H groups in total. The summed E-state index contributed by atoms with van der Waals surface area (Å²) in [6, 6.07) is 5.80. The van der Waals surface area contributed by atoms with Gasteiger partial charge in [-0.3, -0.25) is 9.89 Å². The Kier molecular flexibility index (Phi) is 4.69. The first-order valence-corrected chi connectivity index (χ1v) is 10.8. The van der Waals surface area contributed by atoms with Crippen molar-refractivity contribution in [2.75, 3.05) is 13.1 Å². The summed E-state index contributed by atoms with van der Waals surface area (Å²) in [6.07, 6.45) is 4.19. The average molecular weight is 423 g/mol. The summed E-state index contributed by atoms with van der Waals surface area (Å²) in [6.45, 7) is 5.34. The molecule has 1 aromatic carbocycles. The predicted molar refractivity (Wildman–Crippen MR) is 115 cm³/mol. The van der Waals surface area contributed by atoms with Crippen LogP contribution in [0.2, 0.25) is 0 Å². The van der Waals surface area contributed by atoms with Gasteiger partial charge in [0.1, 0.15) is 11.6 Å². The molecule has 1 atom stereocenters. The number of carbonyl (C=O) groups excluding carboxylic acids is 1. The summed E-state index contributed by atoms with van der Waals surface area (Å²) in [5.41, 5.74) is 2.01. The Labute approximate surface area is 179 Å². The van der Waals surface area contributed by atoms with Gasteiger partial charge in [-0.05, 0) is 44.9 Å². The fourth-order valence-electron chi connectivity index (χ4n) is 5.12. The second-order valence-electron chi connectivity index (χ2n) is 8.88.